The number of amides is 1. The molecule has 0 radical (unpaired) electrons. The molecular weight excluding hydrogens is 374 g/mol. The van der Waals surface area contributed by atoms with Crippen LogP contribution in [0.25, 0.3) is 0 Å². The van der Waals surface area contributed by atoms with Crippen LogP contribution in [-0.4, -0.2) is 13.0 Å². The van der Waals surface area contributed by atoms with E-state index in [4.69, 9.17) is 9.47 Å². The van der Waals surface area contributed by atoms with E-state index in [1.165, 1.54) is 5.56 Å². The van der Waals surface area contributed by atoms with Crippen LogP contribution in [-0.2, 0) is 18.6 Å². The summed E-state index contributed by atoms with van der Waals surface area (Å²) < 4.78 is 11.1. The Labute approximate surface area is 178 Å². The molecule has 0 aliphatic rings. The minimum Gasteiger partial charge on any atom is -0.497 e. The molecule has 0 unspecified atom stereocenters. The molecular formula is C26H29NO3. The molecule has 0 spiro atoms. The highest BCUT2D eigenvalue weighted by atomic mass is 16.5. The third-order valence-corrected chi connectivity index (χ3v) is 4.93. The van der Waals surface area contributed by atoms with Gasteiger partial charge in [-0.2, -0.15) is 0 Å². The molecule has 0 aliphatic heterocycles. The van der Waals surface area contributed by atoms with Crippen LogP contribution in [0.4, 0.5) is 0 Å². The molecule has 0 aliphatic carbocycles. The fourth-order valence-corrected chi connectivity index (χ4v) is 3.05. The number of hydrogen-bond donors (Lipinski definition) is 1. The normalized spacial score (nSPS) is 11.1. The van der Waals surface area contributed by atoms with Gasteiger partial charge in [-0.05, 0) is 58.5 Å². The van der Waals surface area contributed by atoms with Crippen LogP contribution in [0.5, 0.6) is 11.5 Å². The number of nitrogens with one attached hydrogen (secondary N) is 1. The van der Waals surface area contributed by atoms with Crippen molar-refractivity contribution in [3.8, 4) is 11.5 Å². The van der Waals surface area contributed by atoms with Gasteiger partial charge in [-0.1, -0.05) is 57.2 Å². The van der Waals surface area contributed by atoms with Gasteiger partial charge in [-0.25, -0.2) is 0 Å². The molecule has 0 bridgehead atoms. The molecule has 0 atom stereocenters. The Morgan fingerprint density at radius 3 is 2.17 bits per heavy atom. The molecule has 0 heterocycles. The Hall–Kier alpha value is -3.27. The van der Waals surface area contributed by atoms with Crippen molar-refractivity contribution in [3.05, 3.63) is 95.1 Å². The van der Waals surface area contributed by atoms with Crippen molar-refractivity contribution in [2.24, 2.45) is 0 Å². The molecule has 0 saturated carbocycles. The summed E-state index contributed by atoms with van der Waals surface area (Å²) in [6, 6.07) is 23.3. The number of methoxy groups -OCH3 is 1. The standard InChI is InChI=1S/C26H29NO3/c1-26(2,3)22-10-14-24(15-11-22)30-18-20-6-5-7-21(16-20)25(28)27-17-19-8-12-23(29-4)13-9-19/h5-16H,17-18H2,1-4H3,(H,27,28). The predicted octanol–water partition coefficient (Wildman–Crippen LogP) is 5.50. The topological polar surface area (TPSA) is 47.6 Å². The lowest BCUT2D eigenvalue weighted by Gasteiger charge is -2.19. The second-order valence-corrected chi connectivity index (χ2v) is 8.29. The Morgan fingerprint density at radius 2 is 1.53 bits per heavy atom. The molecule has 3 rings (SSSR count). The highest BCUT2D eigenvalue weighted by Gasteiger charge is 2.13. The molecule has 4 nitrogen and oxygen atoms in total. The van der Waals surface area contributed by atoms with E-state index in [1.54, 1.807) is 7.11 Å². The van der Waals surface area contributed by atoms with Gasteiger partial charge in [-0.3, -0.25) is 4.79 Å². The zero-order valence-electron chi connectivity index (χ0n) is 18.1. The van der Waals surface area contributed by atoms with Gasteiger partial charge in [0.05, 0.1) is 7.11 Å². The van der Waals surface area contributed by atoms with Gasteiger partial charge in [-0.15, -0.1) is 0 Å². The first-order chi connectivity index (χ1) is 14.3. The largest absolute Gasteiger partial charge is 0.497 e. The molecule has 156 valence electrons. The summed E-state index contributed by atoms with van der Waals surface area (Å²) in [5.74, 6) is 1.50. The van der Waals surface area contributed by atoms with Crippen molar-refractivity contribution in [1.29, 1.82) is 0 Å². The summed E-state index contributed by atoms with van der Waals surface area (Å²) in [7, 11) is 1.63. The molecule has 0 saturated heterocycles. The van der Waals surface area contributed by atoms with Crippen LogP contribution in [0.1, 0.15) is 47.8 Å². The Kier molecular flexibility index (Phi) is 6.78. The quantitative estimate of drug-likeness (QED) is 0.566. The molecule has 1 N–H and O–H groups in total. The zero-order valence-corrected chi connectivity index (χ0v) is 18.1. The van der Waals surface area contributed by atoms with E-state index in [-0.39, 0.29) is 11.3 Å². The maximum absolute atomic E-state index is 12.5. The van der Waals surface area contributed by atoms with E-state index >= 15 is 0 Å². The monoisotopic (exact) mass is 403 g/mol. The molecule has 30 heavy (non-hydrogen) atoms. The maximum atomic E-state index is 12.5. The maximum Gasteiger partial charge on any atom is 0.251 e. The van der Waals surface area contributed by atoms with Gasteiger partial charge >= 0.3 is 0 Å². The predicted molar refractivity (Wildman–Crippen MR) is 120 cm³/mol. The van der Waals surface area contributed by atoms with Gasteiger partial charge in [0.2, 0.25) is 0 Å². The number of ether oxygens (including phenoxy) is 2. The first-order valence-electron chi connectivity index (χ1n) is 10.1. The van der Waals surface area contributed by atoms with Crippen molar-refractivity contribution in [2.45, 2.75) is 39.3 Å². The van der Waals surface area contributed by atoms with Crippen LogP contribution >= 0.6 is 0 Å². The van der Waals surface area contributed by atoms with Crippen molar-refractivity contribution in [1.82, 2.24) is 5.32 Å². The minimum atomic E-state index is -0.109. The summed E-state index contributed by atoms with van der Waals surface area (Å²) in [5, 5.41) is 2.95. The lowest BCUT2D eigenvalue weighted by atomic mass is 9.87. The highest BCUT2D eigenvalue weighted by molar-refractivity contribution is 5.94. The van der Waals surface area contributed by atoms with Crippen molar-refractivity contribution >= 4 is 5.91 Å². The lowest BCUT2D eigenvalue weighted by molar-refractivity contribution is 0.0950. The van der Waals surface area contributed by atoms with E-state index in [0.29, 0.717) is 18.7 Å². The van der Waals surface area contributed by atoms with E-state index in [0.717, 1.165) is 22.6 Å². The Bertz CT molecular complexity index is 970. The molecule has 0 aromatic heterocycles. The smallest absolute Gasteiger partial charge is 0.251 e. The summed E-state index contributed by atoms with van der Waals surface area (Å²) >= 11 is 0. The van der Waals surface area contributed by atoms with Gasteiger partial charge in [0.25, 0.3) is 5.91 Å². The Morgan fingerprint density at radius 1 is 0.867 bits per heavy atom. The zero-order chi connectivity index (χ0) is 21.6. The third kappa shape index (κ3) is 5.86. The number of rotatable bonds is 7. The average molecular weight is 404 g/mol. The highest BCUT2D eigenvalue weighted by Crippen LogP contribution is 2.24. The van der Waals surface area contributed by atoms with Crippen LogP contribution in [0.15, 0.2) is 72.8 Å². The van der Waals surface area contributed by atoms with Crippen molar-refractivity contribution in [2.75, 3.05) is 7.11 Å². The second kappa shape index (κ2) is 9.49. The fraction of sp³-hybridized carbons (Fsp3) is 0.269. The molecule has 4 heteroatoms. The summed E-state index contributed by atoms with van der Waals surface area (Å²) in [5.41, 5.74) is 3.97. The van der Waals surface area contributed by atoms with E-state index < -0.39 is 0 Å². The lowest BCUT2D eigenvalue weighted by Crippen LogP contribution is -2.22. The van der Waals surface area contributed by atoms with Crippen molar-refractivity contribution < 1.29 is 14.3 Å². The SMILES string of the molecule is COc1ccc(CNC(=O)c2cccc(COc3ccc(C(C)(C)C)cc3)c2)cc1. The molecule has 3 aromatic rings. The summed E-state index contributed by atoms with van der Waals surface area (Å²) in [6.45, 7) is 7.44. The first-order valence-corrected chi connectivity index (χ1v) is 10.1. The van der Waals surface area contributed by atoms with E-state index in [9.17, 15) is 4.79 Å². The number of benzene rings is 3. The Balaban J connectivity index is 1.56. The van der Waals surface area contributed by atoms with E-state index in [1.807, 2.05) is 60.7 Å². The second-order valence-electron chi connectivity index (χ2n) is 8.29. The van der Waals surface area contributed by atoms with Crippen molar-refractivity contribution in [3.63, 3.8) is 0 Å². The first kappa shape index (κ1) is 21.4. The third-order valence-electron chi connectivity index (χ3n) is 4.93. The fourth-order valence-electron chi connectivity index (χ4n) is 3.05. The average Bonchev–Trinajstić information content (AvgIpc) is 2.76. The van der Waals surface area contributed by atoms with Crippen LogP contribution in [0.2, 0.25) is 0 Å². The minimum absolute atomic E-state index is 0.109. The van der Waals surface area contributed by atoms with Gasteiger partial charge in [0.15, 0.2) is 0 Å². The van der Waals surface area contributed by atoms with Gasteiger partial charge in [0.1, 0.15) is 18.1 Å². The van der Waals surface area contributed by atoms with Gasteiger partial charge < -0.3 is 14.8 Å². The van der Waals surface area contributed by atoms with Crippen LogP contribution < -0.4 is 14.8 Å². The number of carbonyl (C=O) groups excluding carboxylic acids is 1. The van der Waals surface area contributed by atoms with Gasteiger partial charge in [0, 0.05) is 12.1 Å². The number of hydrogen-bond acceptors (Lipinski definition) is 3. The molecule has 3 aromatic carbocycles. The molecule has 0 fully saturated rings. The summed E-state index contributed by atoms with van der Waals surface area (Å²) in [6.07, 6.45) is 0. The van der Waals surface area contributed by atoms with Crippen LogP contribution in [0, 0.1) is 0 Å². The number of carbonyl (C=O) groups is 1. The van der Waals surface area contributed by atoms with E-state index in [2.05, 4.69) is 38.2 Å². The van der Waals surface area contributed by atoms with Crippen LogP contribution in [0.3, 0.4) is 0 Å². The molecule has 1 amide bonds. The summed E-state index contributed by atoms with van der Waals surface area (Å²) in [4.78, 5) is 12.5.